The van der Waals surface area contributed by atoms with Gasteiger partial charge in [0.1, 0.15) is 13.2 Å². The summed E-state index contributed by atoms with van der Waals surface area (Å²) in [4.78, 5) is 53.3. The van der Waals surface area contributed by atoms with E-state index in [0.29, 0.717) is 25.7 Å². The summed E-state index contributed by atoms with van der Waals surface area (Å²) in [6.07, 6.45) is 6.85. The van der Waals surface area contributed by atoms with Crippen LogP contribution in [0.15, 0.2) is 103 Å². The lowest BCUT2D eigenvalue weighted by atomic mass is 9.93. The van der Waals surface area contributed by atoms with Crippen molar-refractivity contribution in [1.29, 1.82) is 0 Å². The van der Waals surface area contributed by atoms with Gasteiger partial charge in [0.15, 0.2) is 6.04 Å². The van der Waals surface area contributed by atoms with Gasteiger partial charge < -0.3 is 25.2 Å². The van der Waals surface area contributed by atoms with Gasteiger partial charge in [-0.2, -0.15) is 0 Å². The van der Waals surface area contributed by atoms with E-state index in [1.807, 2.05) is 103 Å². The van der Waals surface area contributed by atoms with Crippen molar-refractivity contribution in [3.63, 3.8) is 0 Å². The van der Waals surface area contributed by atoms with Gasteiger partial charge in [-0.1, -0.05) is 103 Å². The number of cyclic esters (lactones) is 1. The maximum atomic E-state index is 13.6. The third kappa shape index (κ3) is 12.2. The van der Waals surface area contributed by atoms with Crippen LogP contribution in [0.3, 0.4) is 0 Å². The normalized spacial score (nSPS) is 19.8. The zero-order chi connectivity index (χ0) is 33.3. The number of allylic oxidation sites excluding steroid dienone is 2. The van der Waals surface area contributed by atoms with E-state index in [1.54, 1.807) is 0 Å². The fourth-order valence-electron chi connectivity index (χ4n) is 5.49. The van der Waals surface area contributed by atoms with E-state index in [4.69, 9.17) is 9.47 Å². The van der Waals surface area contributed by atoms with Gasteiger partial charge in [0.2, 0.25) is 11.8 Å². The van der Waals surface area contributed by atoms with Crippen LogP contribution in [0.1, 0.15) is 48.8 Å². The number of aliphatic hydroxyl groups excluding tert-OH is 1. The summed E-state index contributed by atoms with van der Waals surface area (Å²) in [6, 6.07) is 26.5. The molecule has 0 aromatic heterocycles. The first-order valence-corrected chi connectivity index (χ1v) is 16.2. The van der Waals surface area contributed by atoms with Crippen molar-refractivity contribution in [2.45, 2.75) is 63.6 Å². The highest BCUT2D eigenvalue weighted by Crippen LogP contribution is 2.20. The molecule has 47 heavy (non-hydrogen) atoms. The highest BCUT2D eigenvalue weighted by molar-refractivity contribution is 5.89. The molecule has 0 saturated carbocycles. The number of amides is 2. The molecule has 0 spiro atoms. The first kappa shape index (κ1) is 35.1. The Hall–Kier alpha value is -4.76. The molecule has 9 heteroatoms. The highest BCUT2D eigenvalue weighted by atomic mass is 16.6. The fraction of sp³-hybridized carbons (Fsp3) is 0.368. The largest absolute Gasteiger partial charge is 0.463 e. The van der Waals surface area contributed by atoms with Crippen LogP contribution in [0.25, 0.3) is 0 Å². The van der Waals surface area contributed by atoms with Gasteiger partial charge in [-0.3, -0.25) is 14.4 Å². The van der Waals surface area contributed by atoms with E-state index in [-0.39, 0.29) is 26.1 Å². The summed E-state index contributed by atoms with van der Waals surface area (Å²) < 4.78 is 11.2. The molecule has 2 amide bonds. The summed E-state index contributed by atoms with van der Waals surface area (Å²) in [5, 5.41) is 15.4. The topological polar surface area (TPSA) is 131 Å². The fourth-order valence-corrected chi connectivity index (χ4v) is 5.49. The summed E-state index contributed by atoms with van der Waals surface area (Å²) in [5.41, 5.74) is 2.73. The monoisotopic (exact) mass is 640 g/mol. The molecule has 0 radical (unpaired) electrons. The molecule has 0 bridgehead atoms. The molecule has 0 saturated heterocycles. The van der Waals surface area contributed by atoms with E-state index in [0.717, 1.165) is 23.1 Å². The number of aliphatic hydroxyl groups is 1. The number of hydrogen-bond acceptors (Lipinski definition) is 7. The van der Waals surface area contributed by atoms with E-state index in [9.17, 15) is 24.3 Å². The van der Waals surface area contributed by atoms with E-state index in [1.165, 1.54) is 0 Å². The Morgan fingerprint density at radius 3 is 2.17 bits per heavy atom. The molecule has 1 heterocycles. The van der Waals surface area contributed by atoms with Gasteiger partial charge in [-0.25, -0.2) is 4.79 Å². The lowest BCUT2D eigenvalue weighted by molar-refractivity contribution is -0.157. The number of carbonyl (C=O) groups excluding carboxylic acids is 4. The number of esters is 2. The molecule has 4 rings (SSSR count). The van der Waals surface area contributed by atoms with Crippen LogP contribution in [-0.2, 0) is 48.1 Å². The number of ether oxygens (including phenoxy) is 2. The Kier molecular flexibility index (Phi) is 14.2. The van der Waals surface area contributed by atoms with E-state index >= 15 is 0 Å². The van der Waals surface area contributed by atoms with Crippen LogP contribution in [0.5, 0.6) is 0 Å². The average Bonchev–Trinajstić information content (AvgIpc) is 3.09. The van der Waals surface area contributed by atoms with Crippen LogP contribution in [0.2, 0.25) is 0 Å². The van der Waals surface area contributed by atoms with Gasteiger partial charge in [0.05, 0.1) is 24.5 Å². The van der Waals surface area contributed by atoms with Crippen molar-refractivity contribution < 1.29 is 33.8 Å². The molecule has 3 N–H and O–H groups in total. The Labute approximate surface area is 276 Å². The number of rotatable bonds is 11. The highest BCUT2D eigenvalue weighted by Gasteiger charge is 2.31. The van der Waals surface area contributed by atoms with Gasteiger partial charge in [-0.05, 0) is 55.2 Å². The second-order valence-electron chi connectivity index (χ2n) is 11.8. The standard InChI is InChI=1S/C38H44N2O7/c41-25-33(23-29-16-8-4-9-17-29)39-35(42)24-31-20-12-1-2-13-21-32(22-28-14-6-3-7-15-28)37(44)47-27-34(40-36(31)43)38(45)46-26-30-18-10-5-11-19-30/h1,3-12,14-19,31-34,41H,2,13,20-27H2,(H,39,42)(H,40,43)/t31-,32-,33-,34-/m1/s1. The minimum atomic E-state index is -1.27. The molecule has 9 nitrogen and oxygen atoms in total. The van der Waals surface area contributed by atoms with Crippen molar-refractivity contribution in [1.82, 2.24) is 10.6 Å². The molecule has 1 aliphatic heterocycles. The van der Waals surface area contributed by atoms with Crippen LogP contribution < -0.4 is 10.6 Å². The van der Waals surface area contributed by atoms with E-state index < -0.39 is 54.3 Å². The maximum Gasteiger partial charge on any atom is 0.332 e. The second-order valence-corrected chi connectivity index (χ2v) is 11.8. The third-order valence-corrected chi connectivity index (χ3v) is 8.10. The molecule has 0 aliphatic carbocycles. The predicted molar refractivity (Wildman–Crippen MR) is 178 cm³/mol. The first-order chi connectivity index (χ1) is 22.9. The lowest BCUT2D eigenvalue weighted by Gasteiger charge is -2.23. The zero-order valence-electron chi connectivity index (χ0n) is 26.6. The van der Waals surface area contributed by atoms with Crippen LogP contribution in [-0.4, -0.2) is 54.2 Å². The van der Waals surface area contributed by atoms with Gasteiger partial charge in [0, 0.05) is 6.42 Å². The first-order valence-electron chi connectivity index (χ1n) is 16.2. The Bertz CT molecular complexity index is 1450. The van der Waals surface area contributed by atoms with Crippen LogP contribution in [0.4, 0.5) is 0 Å². The molecule has 3 aromatic carbocycles. The summed E-state index contributed by atoms with van der Waals surface area (Å²) in [5.74, 6) is -3.36. The molecular weight excluding hydrogens is 596 g/mol. The van der Waals surface area contributed by atoms with E-state index in [2.05, 4.69) is 10.6 Å². The molecule has 4 atom stereocenters. The molecular formula is C38H44N2O7. The molecule has 0 fully saturated rings. The summed E-state index contributed by atoms with van der Waals surface area (Å²) in [7, 11) is 0. The second kappa shape index (κ2) is 19.0. The quantitative estimate of drug-likeness (QED) is 0.208. The van der Waals surface area contributed by atoms with Crippen molar-refractivity contribution in [2.24, 2.45) is 11.8 Å². The Morgan fingerprint density at radius 1 is 0.872 bits per heavy atom. The number of carbonyl (C=O) groups is 4. The maximum absolute atomic E-state index is 13.6. The van der Waals surface area contributed by atoms with Crippen molar-refractivity contribution in [3.05, 3.63) is 120 Å². The Morgan fingerprint density at radius 2 is 1.51 bits per heavy atom. The SMILES string of the molecule is O=C(C[C@H]1CC=CCCC[C@H](Cc2ccccc2)C(=O)OC[C@H](C(=O)OCc2ccccc2)NC1=O)N[C@@H](CO)Cc1ccccc1. The average molecular weight is 641 g/mol. The zero-order valence-corrected chi connectivity index (χ0v) is 26.6. The number of benzene rings is 3. The predicted octanol–water partition coefficient (Wildman–Crippen LogP) is 4.47. The van der Waals surface area contributed by atoms with Gasteiger partial charge >= 0.3 is 11.9 Å². The van der Waals surface area contributed by atoms with Gasteiger partial charge in [0.25, 0.3) is 0 Å². The third-order valence-electron chi connectivity index (χ3n) is 8.10. The lowest BCUT2D eigenvalue weighted by Crippen LogP contribution is -2.48. The van der Waals surface area contributed by atoms with Crippen LogP contribution >= 0.6 is 0 Å². The minimum absolute atomic E-state index is 0.0187. The van der Waals surface area contributed by atoms with Gasteiger partial charge in [-0.15, -0.1) is 0 Å². The number of nitrogens with one attached hydrogen (secondary N) is 2. The van der Waals surface area contributed by atoms with Crippen LogP contribution in [0, 0.1) is 11.8 Å². The van der Waals surface area contributed by atoms with Crippen molar-refractivity contribution in [3.8, 4) is 0 Å². The minimum Gasteiger partial charge on any atom is -0.463 e. The molecule has 1 aliphatic rings. The number of hydrogen-bond donors (Lipinski definition) is 3. The molecule has 0 unspecified atom stereocenters. The Balaban J connectivity index is 1.47. The molecule has 248 valence electrons. The summed E-state index contributed by atoms with van der Waals surface area (Å²) in [6.45, 7) is -0.680. The smallest absolute Gasteiger partial charge is 0.332 e. The van der Waals surface area contributed by atoms with Crippen molar-refractivity contribution in [2.75, 3.05) is 13.2 Å². The summed E-state index contributed by atoms with van der Waals surface area (Å²) >= 11 is 0. The molecule has 3 aromatic rings. The van der Waals surface area contributed by atoms with Crippen molar-refractivity contribution >= 4 is 23.8 Å².